The zero-order valence-electron chi connectivity index (χ0n) is 22.0. The fraction of sp³-hybridized carbons (Fsp3) is 0.258. The van der Waals surface area contributed by atoms with E-state index in [4.69, 9.17) is 10.1 Å². The summed E-state index contributed by atoms with van der Waals surface area (Å²) in [6.07, 6.45) is 3.80. The van der Waals surface area contributed by atoms with Gasteiger partial charge in [-0.3, -0.25) is 0 Å². The van der Waals surface area contributed by atoms with Crippen LogP contribution in [0.15, 0.2) is 85.1 Å². The SMILES string of the molecule is Fc1ccc(N2CCN(c3cccc(-c4cnc5ccc(N6CCC[C@@H]6c6cccc(F)c6)nn45)n3)CC2)cc1. The second kappa shape index (κ2) is 10.2. The number of piperazine rings is 1. The van der Waals surface area contributed by atoms with Gasteiger partial charge in [0.05, 0.1) is 17.9 Å². The van der Waals surface area contributed by atoms with Crippen LogP contribution in [0.25, 0.3) is 17.0 Å². The molecule has 0 radical (unpaired) electrons. The molecule has 5 heterocycles. The molecule has 0 aliphatic carbocycles. The highest BCUT2D eigenvalue weighted by Crippen LogP contribution is 2.36. The third kappa shape index (κ3) is 4.61. The normalized spacial score (nSPS) is 17.6. The largest absolute Gasteiger partial charge is 0.368 e. The monoisotopic (exact) mass is 537 g/mol. The molecule has 1 atom stereocenters. The predicted molar refractivity (Wildman–Crippen MR) is 153 cm³/mol. The fourth-order valence-electron chi connectivity index (χ4n) is 5.88. The van der Waals surface area contributed by atoms with E-state index in [1.165, 1.54) is 18.2 Å². The summed E-state index contributed by atoms with van der Waals surface area (Å²) in [5, 5.41) is 4.98. The Morgan fingerprint density at radius 2 is 1.52 bits per heavy atom. The van der Waals surface area contributed by atoms with Gasteiger partial charge in [-0.1, -0.05) is 18.2 Å². The Balaban J connectivity index is 1.13. The van der Waals surface area contributed by atoms with Gasteiger partial charge in [-0.2, -0.15) is 0 Å². The smallest absolute Gasteiger partial charge is 0.154 e. The molecule has 202 valence electrons. The van der Waals surface area contributed by atoms with Crippen molar-refractivity contribution < 1.29 is 8.78 Å². The number of hydrogen-bond acceptors (Lipinski definition) is 6. The first kappa shape index (κ1) is 24.5. The molecule has 5 aromatic rings. The van der Waals surface area contributed by atoms with E-state index in [9.17, 15) is 8.78 Å². The molecule has 2 aliphatic rings. The molecular weight excluding hydrogens is 508 g/mol. The minimum Gasteiger partial charge on any atom is -0.368 e. The topological polar surface area (TPSA) is 52.8 Å². The summed E-state index contributed by atoms with van der Waals surface area (Å²) in [6.45, 7) is 4.17. The number of hydrogen-bond donors (Lipinski definition) is 0. The quantitative estimate of drug-likeness (QED) is 0.285. The molecule has 2 saturated heterocycles. The summed E-state index contributed by atoms with van der Waals surface area (Å²) in [7, 11) is 0. The summed E-state index contributed by atoms with van der Waals surface area (Å²) < 4.78 is 29.1. The number of imidazole rings is 1. The molecule has 40 heavy (non-hydrogen) atoms. The fourth-order valence-corrected chi connectivity index (χ4v) is 5.88. The maximum absolute atomic E-state index is 14.0. The minimum absolute atomic E-state index is 0.0858. The van der Waals surface area contributed by atoms with Crippen LogP contribution in [0.4, 0.5) is 26.1 Å². The van der Waals surface area contributed by atoms with Gasteiger partial charge >= 0.3 is 0 Å². The maximum Gasteiger partial charge on any atom is 0.154 e. The number of aromatic nitrogens is 4. The first-order valence-corrected chi connectivity index (χ1v) is 13.7. The van der Waals surface area contributed by atoms with Crippen LogP contribution < -0.4 is 14.7 Å². The van der Waals surface area contributed by atoms with Crippen LogP contribution in [-0.2, 0) is 0 Å². The number of halogens is 2. The molecule has 2 fully saturated rings. The summed E-state index contributed by atoms with van der Waals surface area (Å²) >= 11 is 0. The lowest BCUT2D eigenvalue weighted by atomic mass is 10.0. The molecule has 2 aromatic carbocycles. The van der Waals surface area contributed by atoms with Crippen molar-refractivity contribution in [3.05, 3.63) is 102 Å². The van der Waals surface area contributed by atoms with Crippen molar-refractivity contribution in [2.75, 3.05) is 47.4 Å². The highest BCUT2D eigenvalue weighted by Gasteiger charge is 2.28. The zero-order chi connectivity index (χ0) is 27.1. The van der Waals surface area contributed by atoms with Crippen LogP contribution in [0.2, 0.25) is 0 Å². The van der Waals surface area contributed by atoms with Crippen molar-refractivity contribution in [2.24, 2.45) is 0 Å². The van der Waals surface area contributed by atoms with E-state index in [0.717, 1.165) is 85.5 Å². The molecule has 7 rings (SSSR count). The molecule has 0 bridgehead atoms. The average molecular weight is 538 g/mol. The lowest BCUT2D eigenvalue weighted by Crippen LogP contribution is -2.46. The van der Waals surface area contributed by atoms with E-state index >= 15 is 0 Å². The van der Waals surface area contributed by atoms with Crippen LogP contribution >= 0.6 is 0 Å². The maximum atomic E-state index is 14.0. The standard InChI is InChI=1S/C31H29F2N7/c32-23-9-11-25(12-10-23)37-16-18-38(19-17-37)30-8-2-6-26(35-30)28-21-34-29-13-14-31(36-40(28)29)39-15-3-7-27(39)22-4-1-5-24(33)20-22/h1-2,4-6,8-14,20-21,27H,3,7,15-19H2/t27-/m1/s1. The summed E-state index contributed by atoms with van der Waals surface area (Å²) in [4.78, 5) is 16.4. The summed E-state index contributed by atoms with van der Waals surface area (Å²) in [5.74, 6) is 1.32. The Morgan fingerprint density at radius 1 is 0.725 bits per heavy atom. The van der Waals surface area contributed by atoms with Crippen molar-refractivity contribution in [3.63, 3.8) is 0 Å². The van der Waals surface area contributed by atoms with Crippen molar-refractivity contribution in [1.82, 2.24) is 19.6 Å². The number of anilines is 3. The number of pyridine rings is 1. The van der Waals surface area contributed by atoms with E-state index in [2.05, 4.69) is 19.7 Å². The van der Waals surface area contributed by atoms with Crippen LogP contribution in [0.5, 0.6) is 0 Å². The van der Waals surface area contributed by atoms with Crippen molar-refractivity contribution in [2.45, 2.75) is 18.9 Å². The van der Waals surface area contributed by atoms with E-state index in [1.54, 1.807) is 12.1 Å². The zero-order valence-corrected chi connectivity index (χ0v) is 22.0. The van der Waals surface area contributed by atoms with Crippen LogP contribution in [0, 0.1) is 11.6 Å². The molecule has 7 nitrogen and oxygen atoms in total. The first-order chi connectivity index (χ1) is 19.6. The Hall–Kier alpha value is -4.53. The molecule has 0 spiro atoms. The van der Waals surface area contributed by atoms with Crippen molar-refractivity contribution >= 4 is 23.0 Å². The van der Waals surface area contributed by atoms with Gasteiger partial charge in [0.2, 0.25) is 0 Å². The number of rotatable bonds is 5. The van der Waals surface area contributed by atoms with Gasteiger partial charge in [0.1, 0.15) is 29.0 Å². The van der Waals surface area contributed by atoms with Gasteiger partial charge in [0.15, 0.2) is 5.65 Å². The van der Waals surface area contributed by atoms with Gasteiger partial charge in [0.25, 0.3) is 0 Å². The highest BCUT2D eigenvalue weighted by molar-refractivity contribution is 5.63. The molecule has 9 heteroatoms. The van der Waals surface area contributed by atoms with Crippen molar-refractivity contribution in [3.8, 4) is 11.4 Å². The average Bonchev–Trinajstić information content (AvgIpc) is 3.65. The molecule has 3 aromatic heterocycles. The Labute approximate surface area is 231 Å². The van der Waals surface area contributed by atoms with E-state index in [-0.39, 0.29) is 17.7 Å². The molecular formula is C31H29F2N7. The van der Waals surface area contributed by atoms with Gasteiger partial charge in [-0.05, 0) is 79.1 Å². The van der Waals surface area contributed by atoms with E-state index in [0.29, 0.717) is 0 Å². The third-order valence-electron chi connectivity index (χ3n) is 7.92. The van der Waals surface area contributed by atoms with Gasteiger partial charge in [0, 0.05) is 38.4 Å². The van der Waals surface area contributed by atoms with Gasteiger partial charge in [-0.25, -0.2) is 23.3 Å². The second-order valence-corrected chi connectivity index (χ2v) is 10.3. The Kier molecular flexibility index (Phi) is 6.26. The van der Waals surface area contributed by atoms with Gasteiger partial charge < -0.3 is 14.7 Å². The lowest BCUT2D eigenvalue weighted by molar-refractivity contribution is 0.617. The molecule has 0 unspecified atom stereocenters. The molecule has 0 N–H and O–H groups in total. The summed E-state index contributed by atoms with van der Waals surface area (Å²) in [6, 6.07) is 23.6. The van der Waals surface area contributed by atoms with E-state index < -0.39 is 0 Å². The minimum atomic E-state index is -0.218. The molecule has 2 aliphatic heterocycles. The van der Waals surface area contributed by atoms with Crippen LogP contribution in [0.3, 0.4) is 0 Å². The highest BCUT2D eigenvalue weighted by atomic mass is 19.1. The Bertz CT molecular complexity index is 1640. The van der Waals surface area contributed by atoms with Crippen LogP contribution in [0.1, 0.15) is 24.4 Å². The molecule has 0 saturated carbocycles. The van der Waals surface area contributed by atoms with Gasteiger partial charge in [-0.15, -0.1) is 5.10 Å². The summed E-state index contributed by atoms with van der Waals surface area (Å²) in [5.41, 5.74) is 4.39. The molecule has 0 amide bonds. The first-order valence-electron chi connectivity index (χ1n) is 13.7. The lowest BCUT2D eigenvalue weighted by Gasteiger charge is -2.36. The second-order valence-electron chi connectivity index (χ2n) is 10.3. The van der Waals surface area contributed by atoms with Crippen molar-refractivity contribution in [1.29, 1.82) is 0 Å². The van der Waals surface area contributed by atoms with E-state index in [1.807, 2.05) is 59.2 Å². The van der Waals surface area contributed by atoms with Crippen LogP contribution in [-0.4, -0.2) is 52.3 Å². The predicted octanol–water partition coefficient (Wildman–Crippen LogP) is 5.74. The third-order valence-corrected chi connectivity index (χ3v) is 7.92. The number of nitrogens with zero attached hydrogens (tertiary/aromatic N) is 7. The number of fused-ring (bicyclic) bond motifs is 1. The Morgan fingerprint density at radius 3 is 2.35 bits per heavy atom. The number of benzene rings is 2.